The number of nitrogens with one attached hydrogen (secondary N) is 1. The number of halogens is 3. The van der Waals surface area contributed by atoms with Crippen molar-refractivity contribution in [2.75, 3.05) is 18.4 Å². The van der Waals surface area contributed by atoms with E-state index in [9.17, 15) is 22.8 Å². The topological polar surface area (TPSA) is 88.1 Å². The summed E-state index contributed by atoms with van der Waals surface area (Å²) in [5, 5.41) is 4.96. The number of aromatic nitrogens is 3. The van der Waals surface area contributed by atoms with Gasteiger partial charge < -0.3 is 10.2 Å². The van der Waals surface area contributed by atoms with Crippen LogP contribution in [0.3, 0.4) is 0 Å². The normalized spacial score (nSPS) is 19.2. The van der Waals surface area contributed by atoms with E-state index < -0.39 is 11.7 Å². The second-order valence-corrected chi connectivity index (χ2v) is 10.6. The van der Waals surface area contributed by atoms with Crippen molar-refractivity contribution in [1.29, 1.82) is 0 Å². The zero-order valence-corrected chi connectivity index (χ0v) is 20.5. The van der Waals surface area contributed by atoms with Crippen molar-refractivity contribution in [3.63, 3.8) is 0 Å². The molecule has 1 atom stereocenters. The number of amides is 1. The molecule has 1 saturated heterocycles. The van der Waals surface area contributed by atoms with Crippen molar-refractivity contribution in [2.45, 2.75) is 51.0 Å². The van der Waals surface area contributed by atoms with Crippen LogP contribution in [0.5, 0.6) is 0 Å². The molecular weight excluding hydrogens is 491 g/mol. The molecule has 0 unspecified atom stereocenters. The molecule has 3 aromatic rings. The molecule has 1 saturated carbocycles. The van der Waals surface area contributed by atoms with Crippen LogP contribution in [0.25, 0.3) is 10.2 Å². The number of pyridine rings is 1. The van der Waals surface area contributed by atoms with Gasteiger partial charge in [0.05, 0.1) is 22.5 Å². The molecule has 1 aliphatic carbocycles. The van der Waals surface area contributed by atoms with Crippen LogP contribution in [0.2, 0.25) is 0 Å². The van der Waals surface area contributed by atoms with Crippen LogP contribution in [0.4, 0.5) is 19.1 Å². The minimum absolute atomic E-state index is 0.0256. The van der Waals surface area contributed by atoms with Crippen LogP contribution >= 0.6 is 11.3 Å². The predicted molar refractivity (Wildman–Crippen MR) is 130 cm³/mol. The van der Waals surface area contributed by atoms with Gasteiger partial charge >= 0.3 is 0 Å². The number of anilines is 1. The van der Waals surface area contributed by atoms with Crippen molar-refractivity contribution in [1.82, 2.24) is 19.9 Å². The number of carbonyl (C=O) groups is 2. The Hall–Kier alpha value is -3.08. The largest absolute Gasteiger partial charge is 0.348 e. The van der Waals surface area contributed by atoms with E-state index in [1.54, 1.807) is 11.1 Å². The highest BCUT2D eigenvalue weighted by Crippen LogP contribution is 2.38. The molecule has 0 bridgehead atoms. The van der Waals surface area contributed by atoms with E-state index in [-0.39, 0.29) is 66.9 Å². The highest BCUT2D eigenvalue weighted by atomic mass is 32.1. The number of rotatable bonds is 7. The highest BCUT2D eigenvalue weighted by Gasteiger charge is 2.40. The summed E-state index contributed by atoms with van der Waals surface area (Å²) in [6.07, 6.45) is 3.00. The van der Waals surface area contributed by atoms with Gasteiger partial charge in [0.25, 0.3) is 5.91 Å². The van der Waals surface area contributed by atoms with E-state index in [4.69, 9.17) is 0 Å². The van der Waals surface area contributed by atoms with Gasteiger partial charge in [0.15, 0.2) is 5.69 Å². The number of Topliss-reactive ketones (excluding diaryl/α,β-unsaturated/α-hetero) is 1. The zero-order valence-electron chi connectivity index (χ0n) is 19.7. The lowest BCUT2D eigenvalue weighted by molar-refractivity contribution is -0.129. The number of likely N-dealkylation sites (tertiary alicyclic amines) is 1. The highest BCUT2D eigenvalue weighted by molar-refractivity contribution is 7.17. The number of fused-ring (bicyclic) bond motifs is 1. The third kappa shape index (κ3) is 5.21. The summed E-state index contributed by atoms with van der Waals surface area (Å²) >= 11 is 1.37. The predicted octanol–water partition coefficient (Wildman–Crippen LogP) is 5.26. The van der Waals surface area contributed by atoms with Crippen molar-refractivity contribution in [3.05, 3.63) is 47.0 Å². The summed E-state index contributed by atoms with van der Waals surface area (Å²) in [5.74, 6) is -3.33. The SMILES string of the molecule is C[C@H](Nc1nc(C(=O)N2CC(CC(=O)C3CCC(F)(F)CC3)C2)c2sccc2n1)c1cncc(F)c1. The molecule has 2 fully saturated rings. The van der Waals surface area contributed by atoms with Crippen molar-refractivity contribution >= 4 is 39.2 Å². The molecule has 11 heteroatoms. The molecule has 5 rings (SSSR count). The van der Waals surface area contributed by atoms with Gasteiger partial charge in [-0.1, -0.05) is 0 Å². The first kappa shape index (κ1) is 24.6. The van der Waals surface area contributed by atoms with Crippen LogP contribution < -0.4 is 5.32 Å². The van der Waals surface area contributed by atoms with Crippen molar-refractivity contribution < 1.29 is 22.8 Å². The molecule has 190 valence electrons. The van der Waals surface area contributed by atoms with Gasteiger partial charge in [-0.05, 0) is 42.8 Å². The van der Waals surface area contributed by atoms with Gasteiger partial charge in [0.2, 0.25) is 11.9 Å². The number of carbonyl (C=O) groups excluding carboxylic acids is 2. The van der Waals surface area contributed by atoms with E-state index >= 15 is 0 Å². The maximum absolute atomic E-state index is 13.6. The fourth-order valence-electron chi connectivity index (χ4n) is 4.84. The summed E-state index contributed by atoms with van der Waals surface area (Å²) in [5.41, 5.74) is 1.53. The average molecular weight is 518 g/mol. The summed E-state index contributed by atoms with van der Waals surface area (Å²) in [6.45, 7) is 2.68. The molecule has 1 aliphatic heterocycles. The van der Waals surface area contributed by atoms with Gasteiger partial charge in [-0.2, -0.15) is 0 Å². The van der Waals surface area contributed by atoms with Gasteiger partial charge in [-0.3, -0.25) is 14.6 Å². The number of alkyl halides is 2. The van der Waals surface area contributed by atoms with Crippen LogP contribution in [0.15, 0.2) is 29.9 Å². The fourth-order valence-corrected chi connectivity index (χ4v) is 5.65. The Balaban J connectivity index is 1.23. The maximum Gasteiger partial charge on any atom is 0.274 e. The molecule has 3 aromatic heterocycles. The number of nitrogens with zero attached hydrogens (tertiary/aromatic N) is 4. The molecule has 2 aliphatic rings. The summed E-state index contributed by atoms with van der Waals surface area (Å²) < 4.78 is 41.0. The molecule has 0 aromatic carbocycles. The zero-order chi connectivity index (χ0) is 25.4. The summed E-state index contributed by atoms with van der Waals surface area (Å²) in [6, 6.07) is 2.84. The van der Waals surface area contributed by atoms with Gasteiger partial charge in [-0.25, -0.2) is 23.1 Å². The Labute approximate surface area is 210 Å². The van der Waals surface area contributed by atoms with Crippen molar-refractivity contribution in [3.8, 4) is 0 Å². The lowest BCUT2D eigenvalue weighted by atomic mass is 9.80. The lowest BCUT2D eigenvalue weighted by Gasteiger charge is -2.39. The van der Waals surface area contributed by atoms with Crippen LogP contribution in [-0.4, -0.2) is 50.6 Å². The number of hydrogen-bond acceptors (Lipinski definition) is 7. The molecule has 0 radical (unpaired) electrons. The van der Waals surface area contributed by atoms with Gasteiger partial charge in [0.1, 0.15) is 11.6 Å². The molecule has 1 amide bonds. The fraction of sp³-hybridized carbons (Fsp3) is 0.480. The summed E-state index contributed by atoms with van der Waals surface area (Å²) in [7, 11) is 0. The molecular formula is C25H26F3N5O2S. The van der Waals surface area contributed by atoms with Crippen LogP contribution in [-0.2, 0) is 4.79 Å². The van der Waals surface area contributed by atoms with Crippen molar-refractivity contribution in [2.24, 2.45) is 11.8 Å². The van der Waals surface area contributed by atoms with Gasteiger partial charge in [0, 0.05) is 50.4 Å². The second-order valence-electron chi connectivity index (χ2n) is 9.71. The first-order chi connectivity index (χ1) is 17.2. The minimum Gasteiger partial charge on any atom is -0.348 e. The third-order valence-corrected chi connectivity index (χ3v) is 7.89. The van der Waals surface area contributed by atoms with E-state index in [2.05, 4.69) is 20.3 Å². The summed E-state index contributed by atoms with van der Waals surface area (Å²) in [4.78, 5) is 40.4. The molecule has 4 heterocycles. The first-order valence-electron chi connectivity index (χ1n) is 12.0. The smallest absolute Gasteiger partial charge is 0.274 e. The van der Waals surface area contributed by atoms with Gasteiger partial charge in [-0.15, -0.1) is 11.3 Å². The monoisotopic (exact) mass is 517 g/mol. The number of hydrogen-bond donors (Lipinski definition) is 1. The minimum atomic E-state index is -2.65. The van der Waals surface area contributed by atoms with E-state index in [0.717, 1.165) is 6.20 Å². The van der Waals surface area contributed by atoms with Crippen LogP contribution in [0, 0.1) is 17.7 Å². The van der Waals surface area contributed by atoms with E-state index in [0.29, 0.717) is 35.3 Å². The lowest BCUT2D eigenvalue weighted by Crippen LogP contribution is -2.51. The number of thiophene rings is 1. The van der Waals surface area contributed by atoms with E-state index in [1.165, 1.54) is 17.4 Å². The molecule has 1 N–H and O–H groups in total. The third-order valence-electron chi connectivity index (χ3n) is 6.98. The average Bonchev–Trinajstić information content (AvgIpc) is 3.28. The Bertz CT molecular complexity index is 1280. The molecule has 0 spiro atoms. The Morgan fingerprint density at radius 3 is 2.69 bits per heavy atom. The standard InChI is InChI=1S/C25H26F3N5O2S/c1-14(17-9-18(26)11-29-10-17)30-24-31-19-4-7-36-22(19)21(32-24)23(35)33-12-15(13-33)8-20(34)16-2-5-25(27,28)6-3-16/h4,7,9-11,14-16H,2-3,5-6,8,12-13H2,1H3,(H,30,31,32)/t14-/m0/s1. The molecule has 36 heavy (non-hydrogen) atoms. The quantitative estimate of drug-likeness (QED) is 0.460. The van der Waals surface area contributed by atoms with Crippen LogP contribution in [0.1, 0.15) is 61.1 Å². The first-order valence-corrected chi connectivity index (χ1v) is 12.9. The number of ketones is 1. The second kappa shape index (κ2) is 9.76. The maximum atomic E-state index is 13.6. The molecule has 7 nitrogen and oxygen atoms in total. The Kier molecular flexibility index (Phi) is 6.67. The Morgan fingerprint density at radius 1 is 1.22 bits per heavy atom. The van der Waals surface area contributed by atoms with E-state index in [1.807, 2.05) is 18.4 Å². The Morgan fingerprint density at radius 2 is 1.97 bits per heavy atom.